The van der Waals surface area contributed by atoms with Crippen LogP contribution in [-0.2, 0) is 6.54 Å². The van der Waals surface area contributed by atoms with Gasteiger partial charge >= 0.3 is 0 Å². The number of hydrogen-bond acceptors (Lipinski definition) is 3. The summed E-state index contributed by atoms with van der Waals surface area (Å²) in [5, 5.41) is 6.15. The summed E-state index contributed by atoms with van der Waals surface area (Å²) in [7, 11) is 0. The molecule has 2 aromatic carbocycles. The number of halogens is 1. The van der Waals surface area contributed by atoms with E-state index >= 15 is 0 Å². The average molecular weight is 396 g/mol. The molecule has 0 radical (unpaired) electrons. The molecule has 1 amide bonds. The molecule has 2 N–H and O–H groups in total. The van der Waals surface area contributed by atoms with Crippen LogP contribution in [0.1, 0.15) is 21.5 Å². The van der Waals surface area contributed by atoms with E-state index in [1.807, 2.05) is 49.4 Å². The maximum atomic E-state index is 12.4. The number of hydrogen-bond donors (Lipinski definition) is 2. The first kappa shape index (κ1) is 17.2. The van der Waals surface area contributed by atoms with Crippen molar-refractivity contribution < 1.29 is 4.79 Å². The second-order valence-corrected chi connectivity index (χ2v) is 6.60. The number of aromatic nitrogens is 1. The number of aryl methyl sites for hydroxylation is 1. The quantitative estimate of drug-likeness (QED) is 0.637. The number of carbonyl (C=O) groups is 1. The molecule has 0 aliphatic carbocycles. The Balaban J connectivity index is 1.62. The Hall–Kier alpha value is -2.66. The van der Waals surface area contributed by atoms with Crippen LogP contribution in [0, 0.1) is 6.92 Å². The van der Waals surface area contributed by atoms with E-state index in [2.05, 4.69) is 43.7 Å². The van der Waals surface area contributed by atoms with Crippen LogP contribution in [0.5, 0.6) is 0 Å². The van der Waals surface area contributed by atoms with E-state index in [0.717, 1.165) is 21.5 Å². The summed E-state index contributed by atoms with van der Waals surface area (Å²) in [4.78, 5) is 16.7. The van der Waals surface area contributed by atoms with Crippen molar-refractivity contribution in [2.24, 2.45) is 0 Å². The highest BCUT2D eigenvalue weighted by molar-refractivity contribution is 9.10. The molecule has 4 nitrogen and oxygen atoms in total. The van der Waals surface area contributed by atoms with E-state index in [4.69, 9.17) is 0 Å². The van der Waals surface area contributed by atoms with Crippen molar-refractivity contribution in [1.29, 1.82) is 0 Å². The fourth-order valence-corrected chi connectivity index (χ4v) is 2.86. The highest BCUT2D eigenvalue weighted by Crippen LogP contribution is 2.20. The van der Waals surface area contributed by atoms with Crippen LogP contribution >= 0.6 is 15.9 Å². The number of anilines is 2. The first-order valence-electron chi connectivity index (χ1n) is 7.93. The van der Waals surface area contributed by atoms with Crippen molar-refractivity contribution in [1.82, 2.24) is 4.98 Å². The van der Waals surface area contributed by atoms with Crippen LogP contribution in [0.15, 0.2) is 71.3 Å². The zero-order valence-electron chi connectivity index (χ0n) is 13.8. The average Bonchev–Trinajstić information content (AvgIpc) is 2.63. The van der Waals surface area contributed by atoms with Crippen LogP contribution < -0.4 is 10.6 Å². The molecule has 0 fully saturated rings. The minimum Gasteiger partial charge on any atom is -0.366 e. The van der Waals surface area contributed by atoms with Gasteiger partial charge in [-0.05, 0) is 48.4 Å². The molecule has 0 aliphatic heterocycles. The van der Waals surface area contributed by atoms with Crippen LogP contribution in [0.2, 0.25) is 0 Å². The maximum Gasteiger partial charge on any atom is 0.257 e. The van der Waals surface area contributed by atoms with Gasteiger partial charge in [0.1, 0.15) is 5.82 Å². The molecule has 3 rings (SSSR count). The summed E-state index contributed by atoms with van der Waals surface area (Å²) < 4.78 is 0.985. The zero-order chi connectivity index (χ0) is 17.6. The fourth-order valence-electron chi connectivity index (χ4n) is 2.38. The van der Waals surface area contributed by atoms with Gasteiger partial charge in [0.2, 0.25) is 0 Å². The zero-order valence-corrected chi connectivity index (χ0v) is 15.4. The van der Waals surface area contributed by atoms with Crippen LogP contribution in [0.25, 0.3) is 0 Å². The smallest absolute Gasteiger partial charge is 0.257 e. The predicted molar refractivity (Wildman–Crippen MR) is 105 cm³/mol. The monoisotopic (exact) mass is 395 g/mol. The van der Waals surface area contributed by atoms with Gasteiger partial charge in [0.15, 0.2) is 0 Å². The third kappa shape index (κ3) is 4.67. The van der Waals surface area contributed by atoms with Crippen molar-refractivity contribution in [2.75, 3.05) is 10.6 Å². The number of benzene rings is 2. The standard InChI is InChI=1S/C20H18BrN3O/c1-14-11-17(21)8-9-18(14)24-20(25)16-7-10-19(23-13-16)22-12-15-5-3-2-4-6-15/h2-11,13H,12H2,1H3,(H,22,23)(H,24,25). The van der Waals surface area contributed by atoms with Gasteiger partial charge in [-0.25, -0.2) is 4.98 Å². The predicted octanol–water partition coefficient (Wildman–Crippen LogP) is 5.02. The molecule has 0 saturated heterocycles. The summed E-state index contributed by atoms with van der Waals surface area (Å²) in [6.07, 6.45) is 1.58. The van der Waals surface area contributed by atoms with E-state index in [9.17, 15) is 4.79 Å². The Morgan fingerprint density at radius 3 is 2.56 bits per heavy atom. The van der Waals surface area contributed by atoms with Crippen molar-refractivity contribution in [3.63, 3.8) is 0 Å². The SMILES string of the molecule is Cc1cc(Br)ccc1NC(=O)c1ccc(NCc2ccccc2)nc1. The lowest BCUT2D eigenvalue weighted by Crippen LogP contribution is -2.13. The maximum absolute atomic E-state index is 12.4. The van der Waals surface area contributed by atoms with Crippen molar-refractivity contribution in [2.45, 2.75) is 13.5 Å². The van der Waals surface area contributed by atoms with Crippen molar-refractivity contribution >= 4 is 33.3 Å². The number of nitrogens with one attached hydrogen (secondary N) is 2. The van der Waals surface area contributed by atoms with E-state index in [0.29, 0.717) is 12.1 Å². The second-order valence-electron chi connectivity index (χ2n) is 5.68. The van der Waals surface area contributed by atoms with Crippen molar-refractivity contribution in [3.05, 3.63) is 88.0 Å². The van der Waals surface area contributed by atoms with Gasteiger partial charge in [0.25, 0.3) is 5.91 Å². The molecule has 0 unspecified atom stereocenters. The Kier molecular flexibility index (Phi) is 5.46. The van der Waals surface area contributed by atoms with E-state index in [1.165, 1.54) is 5.56 Å². The molecule has 1 heterocycles. The Morgan fingerprint density at radius 1 is 1.08 bits per heavy atom. The normalized spacial score (nSPS) is 10.3. The molecule has 0 atom stereocenters. The minimum absolute atomic E-state index is 0.174. The molecule has 0 spiro atoms. The molecular formula is C20H18BrN3O. The molecule has 5 heteroatoms. The summed E-state index contributed by atoms with van der Waals surface area (Å²) in [5.41, 5.74) is 3.49. The van der Waals surface area contributed by atoms with Crippen LogP contribution in [0.3, 0.4) is 0 Å². The summed E-state index contributed by atoms with van der Waals surface area (Å²) >= 11 is 3.42. The third-order valence-corrected chi connectivity index (χ3v) is 4.27. The van der Waals surface area contributed by atoms with E-state index in [1.54, 1.807) is 12.3 Å². The Morgan fingerprint density at radius 2 is 1.88 bits per heavy atom. The van der Waals surface area contributed by atoms with Gasteiger partial charge in [0, 0.05) is 22.9 Å². The number of pyridine rings is 1. The van der Waals surface area contributed by atoms with Gasteiger partial charge in [-0.2, -0.15) is 0 Å². The first-order valence-corrected chi connectivity index (χ1v) is 8.72. The molecule has 126 valence electrons. The third-order valence-electron chi connectivity index (χ3n) is 3.78. The highest BCUT2D eigenvalue weighted by Gasteiger charge is 2.08. The van der Waals surface area contributed by atoms with E-state index < -0.39 is 0 Å². The molecule has 0 saturated carbocycles. The molecule has 0 aliphatic rings. The van der Waals surface area contributed by atoms with Gasteiger partial charge < -0.3 is 10.6 Å². The molecule has 25 heavy (non-hydrogen) atoms. The highest BCUT2D eigenvalue weighted by atomic mass is 79.9. The fraction of sp³-hybridized carbons (Fsp3) is 0.100. The topological polar surface area (TPSA) is 54.0 Å². The minimum atomic E-state index is -0.174. The van der Waals surface area contributed by atoms with Crippen LogP contribution in [-0.4, -0.2) is 10.9 Å². The number of nitrogens with zero attached hydrogens (tertiary/aromatic N) is 1. The summed E-state index contributed by atoms with van der Waals surface area (Å²) in [6, 6.07) is 19.4. The molecular weight excluding hydrogens is 378 g/mol. The largest absolute Gasteiger partial charge is 0.366 e. The second kappa shape index (κ2) is 7.94. The Bertz CT molecular complexity index is 864. The van der Waals surface area contributed by atoms with Gasteiger partial charge in [-0.1, -0.05) is 46.3 Å². The lowest BCUT2D eigenvalue weighted by atomic mass is 10.2. The van der Waals surface area contributed by atoms with Gasteiger partial charge in [-0.15, -0.1) is 0 Å². The summed E-state index contributed by atoms with van der Waals surface area (Å²) in [5.74, 6) is 0.563. The van der Waals surface area contributed by atoms with E-state index in [-0.39, 0.29) is 5.91 Å². The molecule has 1 aromatic heterocycles. The summed E-state index contributed by atoms with van der Waals surface area (Å²) in [6.45, 7) is 2.65. The number of carbonyl (C=O) groups excluding carboxylic acids is 1. The lowest BCUT2D eigenvalue weighted by molar-refractivity contribution is 0.102. The number of rotatable bonds is 5. The lowest BCUT2D eigenvalue weighted by Gasteiger charge is -2.09. The first-order chi connectivity index (χ1) is 12.1. The van der Waals surface area contributed by atoms with Crippen LogP contribution in [0.4, 0.5) is 11.5 Å². The van der Waals surface area contributed by atoms with Gasteiger partial charge in [-0.3, -0.25) is 4.79 Å². The Labute approximate surface area is 155 Å². The number of amides is 1. The van der Waals surface area contributed by atoms with Gasteiger partial charge in [0.05, 0.1) is 5.56 Å². The van der Waals surface area contributed by atoms with Crippen molar-refractivity contribution in [3.8, 4) is 0 Å². The molecule has 0 bridgehead atoms. The molecule has 3 aromatic rings.